The number of nitrogens with zero attached hydrogens (tertiary/aromatic N) is 1. The lowest BCUT2D eigenvalue weighted by molar-refractivity contribution is -0.151. The number of ether oxygens (including phenoxy) is 2. The summed E-state index contributed by atoms with van der Waals surface area (Å²) in [5.74, 6) is 0.150. The molecule has 19 heavy (non-hydrogen) atoms. The molecular formula is C14H23NO4. The molecule has 5 heteroatoms. The summed E-state index contributed by atoms with van der Waals surface area (Å²) in [6.45, 7) is 8.99. The van der Waals surface area contributed by atoms with Crippen molar-refractivity contribution in [1.29, 1.82) is 0 Å². The number of hydrogen-bond acceptors (Lipinski definition) is 4. The van der Waals surface area contributed by atoms with Crippen molar-refractivity contribution in [3.05, 3.63) is 0 Å². The van der Waals surface area contributed by atoms with Gasteiger partial charge in [-0.2, -0.15) is 0 Å². The number of piperidine rings is 1. The van der Waals surface area contributed by atoms with E-state index in [0.717, 1.165) is 6.42 Å². The number of carbonyl (C=O) groups excluding carboxylic acids is 2. The quantitative estimate of drug-likeness (QED) is 0.721. The minimum Gasteiger partial charge on any atom is -0.466 e. The van der Waals surface area contributed by atoms with E-state index in [1.807, 2.05) is 27.7 Å². The normalized spacial score (nSPS) is 29.5. The number of carbonyl (C=O) groups is 2. The summed E-state index contributed by atoms with van der Waals surface area (Å²) in [5, 5.41) is 0. The Morgan fingerprint density at radius 2 is 2.05 bits per heavy atom. The Hall–Kier alpha value is -1.26. The lowest BCUT2D eigenvalue weighted by Crippen LogP contribution is -2.44. The van der Waals surface area contributed by atoms with E-state index in [9.17, 15) is 9.59 Å². The third kappa shape index (κ3) is 2.85. The number of hydrogen-bond donors (Lipinski definition) is 0. The third-order valence-electron chi connectivity index (χ3n) is 3.83. The van der Waals surface area contributed by atoms with Crippen LogP contribution in [0.4, 0.5) is 4.79 Å². The van der Waals surface area contributed by atoms with Crippen molar-refractivity contribution in [2.24, 2.45) is 11.3 Å². The van der Waals surface area contributed by atoms with Crippen LogP contribution >= 0.6 is 0 Å². The van der Waals surface area contributed by atoms with Gasteiger partial charge in [0, 0.05) is 13.1 Å². The fourth-order valence-electron chi connectivity index (χ4n) is 2.74. The molecule has 1 aliphatic carbocycles. The van der Waals surface area contributed by atoms with Crippen molar-refractivity contribution in [3.8, 4) is 0 Å². The zero-order valence-corrected chi connectivity index (χ0v) is 12.2. The molecule has 108 valence electrons. The molecule has 0 radical (unpaired) electrons. The Labute approximate surface area is 114 Å². The summed E-state index contributed by atoms with van der Waals surface area (Å²) in [6, 6.07) is 0. The van der Waals surface area contributed by atoms with E-state index in [1.165, 1.54) is 0 Å². The zero-order valence-electron chi connectivity index (χ0n) is 12.2. The molecule has 2 aliphatic rings. The van der Waals surface area contributed by atoms with Crippen molar-refractivity contribution in [2.75, 3.05) is 19.7 Å². The molecule has 2 atom stereocenters. The molecule has 0 aromatic rings. The third-order valence-corrected chi connectivity index (χ3v) is 3.83. The molecule has 0 N–H and O–H groups in total. The van der Waals surface area contributed by atoms with Crippen LogP contribution in [0.2, 0.25) is 0 Å². The van der Waals surface area contributed by atoms with Crippen LogP contribution in [-0.4, -0.2) is 42.3 Å². The zero-order chi connectivity index (χ0) is 14.3. The number of rotatable bonds is 2. The summed E-state index contributed by atoms with van der Waals surface area (Å²) in [7, 11) is 0. The molecule has 0 unspecified atom stereocenters. The second-order valence-electron chi connectivity index (χ2n) is 6.45. The SMILES string of the molecule is CCOC(=O)[C@@]12CCN(C(=O)OC(C)(C)C)C[C@@H]1C2. The highest BCUT2D eigenvalue weighted by Gasteiger charge is 2.63. The van der Waals surface area contributed by atoms with E-state index in [1.54, 1.807) is 4.90 Å². The van der Waals surface area contributed by atoms with Crippen LogP contribution < -0.4 is 0 Å². The first-order chi connectivity index (χ1) is 8.78. The van der Waals surface area contributed by atoms with Gasteiger partial charge in [0.1, 0.15) is 5.60 Å². The smallest absolute Gasteiger partial charge is 0.410 e. The van der Waals surface area contributed by atoms with Crippen molar-refractivity contribution in [3.63, 3.8) is 0 Å². The first-order valence-corrected chi connectivity index (χ1v) is 6.93. The number of fused-ring (bicyclic) bond motifs is 1. The first kappa shape index (κ1) is 14.2. The number of likely N-dealkylation sites (tertiary alicyclic amines) is 1. The monoisotopic (exact) mass is 269 g/mol. The first-order valence-electron chi connectivity index (χ1n) is 6.93. The maximum absolute atomic E-state index is 12.0. The predicted molar refractivity (Wildman–Crippen MR) is 69.6 cm³/mol. The van der Waals surface area contributed by atoms with Gasteiger partial charge in [-0.25, -0.2) is 4.79 Å². The fourth-order valence-corrected chi connectivity index (χ4v) is 2.74. The maximum Gasteiger partial charge on any atom is 0.410 e. The van der Waals surface area contributed by atoms with Crippen LogP contribution in [0.3, 0.4) is 0 Å². The summed E-state index contributed by atoms with van der Waals surface area (Å²) < 4.78 is 10.5. The second kappa shape index (κ2) is 4.69. The summed E-state index contributed by atoms with van der Waals surface area (Å²) in [5.41, 5.74) is -0.787. The number of amides is 1. The number of esters is 1. The Balaban J connectivity index is 1.90. The molecule has 0 aromatic carbocycles. The molecule has 2 rings (SSSR count). The van der Waals surface area contributed by atoms with Gasteiger partial charge < -0.3 is 14.4 Å². The van der Waals surface area contributed by atoms with Gasteiger partial charge in [-0.1, -0.05) is 0 Å². The molecule has 0 bridgehead atoms. The Morgan fingerprint density at radius 1 is 1.37 bits per heavy atom. The van der Waals surface area contributed by atoms with Crippen LogP contribution in [0.1, 0.15) is 40.5 Å². The molecule has 5 nitrogen and oxygen atoms in total. The van der Waals surface area contributed by atoms with Crippen LogP contribution in [0.25, 0.3) is 0 Å². The Bertz CT molecular complexity index is 387. The van der Waals surface area contributed by atoms with E-state index >= 15 is 0 Å². The molecule has 1 saturated carbocycles. The van der Waals surface area contributed by atoms with Crippen molar-refractivity contribution < 1.29 is 19.1 Å². The van der Waals surface area contributed by atoms with Crippen LogP contribution in [0, 0.1) is 11.3 Å². The standard InChI is InChI=1S/C14H23NO4/c1-5-18-11(16)14-6-7-15(9-10(14)8-14)12(17)19-13(2,3)4/h10H,5-9H2,1-4H3/t10-,14+/m0/s1. The van der Waals surface area contributed by atoms with E-state index in [2.05, 4.69) is 0 Å². The minimum absolute atomic E-state index is 0.0937. The van der Waals surface area contributed by atoms with Gasteiger partial charge >= 0.3 is 12.1 Å². The molecule has 1 saturated heterocycles. The largest absolute Gasteiger partial charge is 0.466 e. The predicted octanol–water partition coefficient (Wildman–Crippen LogP) is 2.20. The van der Waals surface area contributed by atoms with Gasteiger partial charge in [0.2, 0.25) is 0 Å². The van der Waals surface area contributed by atoms with E-state index < -0.39 is 5.60 Å². The van der Waals surface area contributed by atoms with Gasteiger partial charge in [-0.3, -0.25) is 4.79 Å². The topological polar surface area (TPSA) is 55.8 Å². The van der Waals surface area contributed by atoms with Gasteiger partial charge in [0.15, 0.2) is 0 Å². The van der Waals surface area contributed by atoms with E-state index in [4.69, 9.17) is 9.47 Å². The van der Waals surface area contributed by atoms with Gasteiger partial charge in [0.25, 0.3) is 0 Å². The van der Waals surface area contributed by atoms with E-state index in [0.29, 0.717) is 26.1 Å². The van der Waals surface area contributed by atoms with E-state index in [-0.39, 0.29) is 23.4 Å². The van der Waals surface area contributed by atoms with Crippen molar-refractivity contribution >= 4 is 12.1 Å². The molecule has 2 fully saturated rings. The van der Waals surface area contributed by atoms with Gasteiger partial charge in [-0.15, -0.1) is 0 Å². The lowest BCUT2D eigenvalue weighted by atomic mass is 9.95. The average Bonchev–Trinajstić information content (AvgIpc) is 3.01. The van der Waals surface area contributed by atoms with Gasteiger partial charge in [-0.05, 0) is 46.5 Å². The van der Waals surface area contributed by atoms with Gasteiger partial charge in [0.05, 0.1) is 12.0 Å². The second-order valence-corrected chi connectivity index (χ2v) is 6.45. The van der Waals surface area contributed by atoms with Crippen LogP contribution in [0.5, 0.6) is 0 Å². The fraction of sp³-hybridized carbons (Fsp3) is 0.857. The highest BCUT2D eigenvalue weighted by molar-refractivity contribution is 5.81. The molecule has 0 spiro atoms. The van der Waals surface area contributed by atoms with Crippen LogP contribution in [-0.2, 0) is 14.3 Å². The molecule has 1 aliphatic heterocycles. The summed E-state index contributed by atoms with van der Waals surface area (Å²) >= 11 is 0. The minimum atomic E-state index is -0.476. The Morgan fingerprint density at radius 3 is 2.58 bits per heavy atom. The molecular weight excluding hydrogens is 246 g/mol. The van der Waals surface area contributed by atoms with Crippen molar-refractivity contribution in [1.82, 2.24) is 4.90 Å². The molecule has 1 heterocycles. The highest BCUT2D eigenvalue weighted by Crippen LogP contribution is 2.58. The summed E-state index contributed by atoms with van der Waals surface area (Å²) in [6.07, 6.45) is 1.25. The average molecular weight is 269 g/mol. The maximum atomic E-state index is 12.0. The highest BCUT2D eigenvalue weighted by atomic mass is 16.6. The summed E-state index contributed by atoms with van der Waals surface area (Å²) in [4.78, 5) is 25.6. The van der Waals surface area contributed by atoms with Crippen molar-refractivity contribution in [2.45, 2.75) is 46.1 Å². The molecule has 0 aromatic heterocycles. The Kier molecular flexibility index (Phi) is 3.49. The molecule has 1 amide bonds. The van der Waals surface area contributed by atoms with Crippen LogP contribution in [0.15, 0.2) is 0 Å². The lowest BCUT2D eigenvalue weighted by Gasteiger charge is -2.32.